The van der Waals surface area contributed by atoms with Crippen molar-refractivity contribution >= 4 is 16.1 Å². The van der Waals surface area contributed by atoms with Gasteiger partial charge in [-0.05, 0) is 18.6 Å². The number of benzene rings is 1. The summed E-state index contributed by atoms with van der Waals surface area (Å²) in [5.74, 6) is -0.199. The van der Waals surface area contributed by atoms with Crippen LogP contribution in [-0.4, -0.2) is 107 Å². The van der Waals surface area contributed by atoms with E-state index in [1.54, 1.807) is 18.2 Å². The predicted octanol–water partition coefficient (Wildman–Crippen LogP) is 1.83. The molecule has 0 N–H and O–H groups in total. The van der Waals surface area contributed by atoms with Crippen LogP contribution in [0, 0.1) is 0 Å². The van der Waals surface area contributed by atoms with E-state index in [4.69, 9.17) is 37.3 Å². The van der Waals surface area contributed by atoms with Gasteiger partial charge in [0.1, 0.15) is 6.61 Å². The molecule has 0 saturated heterocycles. The molecule has 1 aromatic rings. The molecule has 0 aliphatic rings. The van der Waals surface area contributed by atoms with E-state index in [0.29, 0.717) is 79.1 Å². The number of hydrogen-bond donors (Lipinski definition) is 0. The van der Waals surface area contributed by atoms with Crippen LogP contribution >= 0.6 is 0 Å². The van der Waals surface area contributed by atoms with E-state index in [0.717, 1.165) is 6.42 Å². The number of carbonyl (C=O) groups excluding carboxylic acids is 1. The SMILES string of the molecule is CCCC(=O)OCCOCCOCCOCCOCCOCCOCCOS(=O)(=O)c1ccccc1. The van der Waals surface area contributed by atoms with E-state index in [1.807, 2.05) is 6.92 Å². The van der Waals surface area contributed by atoms with E-state index in [1.165, 1.54) is 12.1 Å². The molecule has 0 amide bonds. The Hall–Kier alpha value is -1.64. The molecule has 0 aromatic heterocycles. The van der Waals surface area contributed by atoms with E-state index in [9.17, 15) is 13.2 Å². The largest absolute Gasteiger partial charge is 0.463 e. The Morgan fingerprint density at radius 3 is 1.42 bits per heavy atom. The van der Waals surface area contributed by atoms with Crippen LogP contribution < -0.4 is 0 Å². The van der Waals surface area contributed by atoms with Gasteiger partial charge in [-0.3, -0.25) is 8.98 Å². The molecule has 0 aliphatic carbocycles. The summed E-state index contributed by atoms with van der Waals surface area (Å²) in [6.07, 6.45) is 1.21. The van der Waals surface area contributed by atoms with E-state index < -0.39 is 10.1 Å². The van der Waals surface area contributed by atoms with Gasteiger partial charge < -0.3 is 33.2 Å². The average molecular weight is 537 g/mol. The van der Waals surface area contributed by atoms with Gasteiger partial charge in [-0.15, -0.1) is 0 Å². The van der Waals surface area contributed by atoms with Gasteiger partial charge in [0.05, 0.1) is 90.8 Å². The molecule has 1 rings (SSSR count). The fraction of sp³-hybridized carbons (Fsp3) is 0.708. The van der Waals surface area contributed by atoms with Crippen molar-refractivity contribution in [3.63, 3.8) is 0 Å². The maximum Gasteiger partial charge on any atom is 0.305 e. The summed E-state index contributed by atoms with van der Waals surface area (Å²) in [4.78, 5) is 11.3. The van der Waals surface area contributed by atoms with Crippen molar-refractivity contribution in [1.29, 1.82) is 0 Å². The molecular weight excluding hydrogens is 496 g/mol. The second kappa shape index (κ2) is 22.5. The molecule has 208 valence electrons. The molecule has 0 atom stereocenters. The number of esters is 1. The Kier molecular flexibility index (Phi) is 20.3. The predicted molar refractivity (Wildman–Crippen MR) is 130 cm³/mol. The van der Waals surface area contributed by atoms with Gasteiger partial charge >= 0.3 is 5.97 Å². The van der Waals surface area contributed by atoms with Crippen LogP contribution in [0.1, 0.15) is 19.8 Å². The van der Waals surface area contributed by atoms with Crippen molar-refractivity contribution < 1.29 is 50.6 Å². The fourth-order valence-electron chi connectivity index (χ4n) is 2.55. The number of ether oxygens (including phenoxy) is 7. The Morgan fingerprint density at radius 2 is 1.00 bits per heavy atom. The minimum absolute atomic E-state index is 0.0586. The molecule has 0 unspecified atom stereocenters. The van der Waals surface area contributed by atoms with Crippen LogP contribution in [0.3, 0.4) is 0 Å². The molecule has 11 nitrogen and oxygen atoms in total. The molecule has 0 bridgehead atoms. The third-order valence-corrected chi connectivity index (χ3v) is 5.63. The highest BCUT2D eigenvalue weighted by Gasteiger charge is 2.13. The first-order chi connectivity index (χ1) is 17.6. The van der Waals surface area contributed by atoms with Gasteiger partial charge in [-0.25, -0.2) is 0 Å². The topological polar surface area (TPSA) is 125 Å². The van der Waals surface area contributed by atoms with Crippen LogP contribution in [0.25, 0.3) is 0 Å². The van der Waals surface area contributed by atoms with Crippen molar-refractivity contribution in [2.24, 2.45) is 0 Å². The Balaban J connectivity index is 1.74. The smallest absolute Gasteiger partial charge is 0.305 e. The highest BCUT2D eigenvalue weighted by atomic mass is 32.2. The lowest BCUT2D eigenvalue weighted by Gasteiger charge is -2.09. The first kappa shape index (κ1) is 32.4. The van der Waals surface area contributed by atoms with Gasteiger partial charge in [0.25, 0.3) is 10.1 Å². The maximum absolute atomic E-state index is 11.9. The van der Waals surface area contributed by atoms with Crippen molar-refractivity contribution in [2.75, 3.05) is 92.5 Å². The van der Waals surface area contributed by atoms with Gasteiger partial charge in [0, 0.05) is 6.42 Å². The second-order valence-corrected chi connectivity index (χ2v) is 8.85. The third kappa shape index (κ3) is 18.6. The average Bonchev–Trinajstić information content (AvgIpc) is 2.87. The zero-order chi connectivity index (χ0) is 26.2. The van der Waals surface area contributed by atoms with Crippen molar-refractivity contribution in [2.45, 2.75) is 24.7 Å². The molecule has 0 saturated carbocycles. The number of rotatable bonds is 25. The minimum atomic E-state index is -3.75. The standard InChI is InChI=1S/C24H40O11S/c1-2-6-24(25)34-21-19-32-17-15-30-13-11-28-9-10-29-12-14-31-16-18-33-20-22-35-36(26,27)23-7-4-3-5-8-23/h3-5,7-8H,2,6,9-22H2,1H3. The summed E-state index contributed by atoms with van der Waals surface area (Å²) in [5.41, 5.74) is 0. The van der Waals surface area contributed by atoms with Crippen LogP contribution in [-0.2, 0) is 52.3 Å². The van der Waals surface area contributed by atoms with Gasteiger partial charge in [0.2, 0.25) is 0 Å². The third-order valence-electron chi connectivity index (χ3n) is 4.30. The molecule has 12 heteroatoms. The zero-order valence-corrected chi connectivity index (χ0v) is 21.9. The lowest BCUT2D eigenvalue weighted by molar-refractivity contribution is -0.145. The molecule has 0 aliphatic heterocycles. The lowest BCUT2D eigenvalue weighted by Crippen LogP contribution is -2.15. The minimum Gasteiger partial charge on any atom is -0.463 e. The highest BCUT2D eigenvalue weighted by Crippen LogP contribution is 2.10. The van der Waals surface area contributed by atoms with Gasteiger partial charge in [0.15, 0.2) is 0 Å². The summed E-state index contributed by atoms with van der Waals surface area (Å²) in [5, 5.41) is 0. The van der Waals surface area contributed by atoms with Gasteiger partial charge in [-0.2, -0.15) is 8.42 Å². The zero-order valence-electron chi connectivity index (χ0n) is 21.1. The molecule has 1 aromatic carbocycles. The maximum atomic E-state index is 11.9. The summed E-state index contributed by atoms with van der Waals surface area (Å²) in [6.45, 7) is 6.90. The summed E-state index contributed by atoms with van der Waals surface area (Å²) < 4.78 is 65.9. The van der Waals surface area contributed by atoms with Crippen molar-refractivity contribution in [3.05, 3.63) is 30.3 Å². The molecule has 36 heavy (non-hydrogen) atoms. The quantitative estimate of drug-likeness (QED) is 0.103. The normalized spacial score (nSPS) is 11.6. The van der Waals surface area contributed by atoms with Crippen LogP contribution in [0.4, 0.5) is 0 Å². The Morgan fingerprint density at radius 1 is 0.611 bits per heavy atom. The monoisotopic (exact) mass is 536 g/mol. The van der Waals surface area contributed by atoms with Crippen LogP contribution in [0.2, 0.25) is 0 Å². The Labute approximate surface area is 214 Å². The van der Waals surface area contributed by atoms with E-state index >= 15 is 0 Å². The van der Waals surface area contributed by atoms with E-state index in [2.05, 4.69) is 0 Å². The molecular formula is C24H40O11S. The lowest BCUT2D eigenvalue weighted by atomic mass is 10.3. The van der Waals surface area contributed by atoms with Crippen molar-refractivity contribution in [3.8, 4) is 0 Å². The Bertz CT molecular complexity index is 744. The molecule has 0 fully saturated rings. The highest BCUT2D eigenvalue weighted by molar-refractivity contribution is 7.86. The molecule has 0 spiro atoms. The molecule has 0 radical (unpaired) electrons. The van der Waals surface area contributed by atoms with Crippen LogP contribution in [0.15, 0.2) is 35.2 Å². The first-order valence-electron chi connectivity index (χ1n) is 12.1. The van der Waals surface area contributed by atoms with Crippen molar-refractivity contribution in [1.82, 2.24) is 0 Å². The van der Waals surface area contributed by atoms with Gasteiger partial charge in [-0.1, -0.05) is 25.1 Å². The second-order valence-electron chi connectivity index (χ2n) is 7.23. The first-order valence-corrected chi connectivity index (χ1v) is 13.5. The number of hydrogen-bond acceptors (Lipinski definition) is 11. The van der Waals surface area contributed by atoms with Crippen LogP contribution in [0.5, 0.6) is 0 Å². The number of carbonyl (C=O) groups is 1. The van der Waals surface area contributed by atoms with E-state index in [-0.39, 0.29) is 30.7 Å². The summed E-state index contributed by atoms with van der Waals surface area (Å²) in [6, 6.07) is 7.96. The fourth-order valence-corrected chi connectivity index (χ4v) is 3.46. The summed E-state index contributed by atoms with van der Waals surface area (Å²) in [7, 11) is -3.75. The molecule has 0 heterocycles. The summed E-state index contributed by atoms with van der Waals surface area (Å²) >= 11 is 0.